The molecule has 2 rings (SSSR count). The van der Waals surface area contributed by atoms with E-state index in [0.717, 1.165) is 17.3 Å². The summed E-state index contributed by atoms with van der Waals surface area (Å²) in [6.07, 6.45) is 0. The zero-order valence-electron chi connectivity index (χ0n) is 8.30. The lowest BCUT2D eigenvalue weighted by Crippen LogP contribution is -2.07. The summed E-state index contributed by atoms with van der Waals surface area (Å²) in [5.41, 5.74) is 0.153. The van der Waals surface area contributed by atoms with Gasteiger partial charge < -0.3 is 4.74 Å². The van der Waals surface area contributed by atoms with E-state index in [1.807, 2.05) is 0 Å². The molecule has 0 N–H and O–H groups in total. The van der Waals surface area contributed by atoms with Gasteiger partial charge in [-0.05, 0) is 19.1 Å². The molecule has 4 nitrogen and oxygen atoms in total. The van der Waals surface area contributed by atoms with Gasteiger partial charge in [0, 0.05) is 22.8 Å². The summed E-state index contributed by atoms with van der Waals surface area (Å²) in [5, 5.41) is 10.4. The number of benzene rings is 1. The molecule has 1 unspecified atom stereocenters. The molecule has 1 atom stereocenters. The van der Waals surface area contributed by atoms with Crippen molar-refractivity contribution in [1.82, 2.24) is 0 Å². The van der Waals surface area contributed by atoms with Gasteiger partial charge >= 0.3 is 0 Å². The minimum absolute atomic E-state index is 0.0203. The summed E-state index contributed by atoms with van der Waals surface area (Å²) in [6, 6.07) is 6.60. The van der Waals surface area contributed by atoms with Gasteiger partial charge in [0.2, 0.25) is 0 Å². The Kier molecular flexibility index (Phi) is 2.67. The maximum atomic E-state index is 10.4. The third-order valence-corrected chi connectivity index (χ3v) is 3.59. The van der Waals surface area contributed by atoms with Gasteiger partial charge in [-0.3, -0.25) is 10.1 Å². The molecule has 1 aromatic carbocycles. The van der Waals surface area contributed by atoms with Crippen molar-refractivity contribution in [3.05, 3.63) is 34.4 Å². The summed E-state index contributed by atoms with van der Waals surface area (Å²) in [7, 11) is 0. The van der Waals surface area contributed by atoms with E-state index < -0.39 is 0 Å². The number of nitro groups is 1. The van der Waals surface area contributed by atoms with Crippen molar-refractivity contribution in [1.29, 1.82) is 0 Å². The van der Waals surface area contributed by atoms with E-state index >= 15 is 0 Å². The lowest BCUT2D eigenvalue weighted by atomic mass is 10.3. The first kappa shape index (κ1) is 10.4. The molecule has 0 aromatic heterocycles. The zero-order chi connectivity index (χ0) is 10.9. The van der Waals surface area contributed by atoms with E-state index in [0.29, 0.717) is 0 Å². The van der Waals surface area contributed by atoms with Crippen molar-refractivity contribution in [2.75, 3.05) is 12.4 Å². The number of thioether (sulfide) groups is 1. The first-order valence-corrected chi connectivity index (χ1v) is 5.59. The van der Waals surface area contributed by atoms with E-state index in [4.69, 9.17) is 4.74 Å². The second kappa shape index (κ2) is 3.83. The molecular formula is C10H11NO3S. The van der Waals surface area contributed by atoms with Gasteiger partial charge in [-0.2, -0.15) is 0 Å². The monoisotopic (exact) mass is 225 g/mol. The number of nitrogens with zero attached hydrogens (tertiary/aromatic N) is 1. The summed E-state index contributed by atoms with van der Waals surface area (Å²) >= 11 is 1.66. The highest BCUT2D eigenvalue weighted by Crippen LogP contribution is 2.33. The van der Waals surface area contributed by atoms with E-state index in [1.165, 1.54) is 12.1 Å². The average Bonchev–Trinajstić information content (AvgIpc) is 2.95. The number of non-ortho nitro benzene ring substituents is 1. The Morgan fingerprint density at radius 2 is 2.13 bits per heavy atom. The molecule has 1 fully saturated rings. The van der Waals surface area contributed by atoms with Crippen LogP contribution in [0.1, 0.15) is 6.92 Å². The Morgan fingerprint density at radius 3 is 2.60 bits per heavy atom. The summed E-state index contributed by atoms with van der Waals surface area (Å²) < 4.78 is 5.25. The fourth-order valence-corrected chi connectivity index (χ4v) is 2.07. The lowest BCUT2D eigenvalue weighted by Gasteiger charge is -2.04. The Morgan fingerprint density at radius 1 is 1.53 bits per heavy atom. The molecule has 0 spiro atoms. The molecule has 0 amide bonds. The maximum absolute atomic E-state index is 10.4. The number of rotatable bonds is 4. The number of hydrogen-bond donors (Lipinski definition) is 0. The van der Waals surface area contributed by atoms with Gasteiger partial charge in [-0.25, -0.2) is 0 Å². The third-order valence-electron chi connectivity index (χ3n) is 2.23. The van der Waals surface area contributed by atoms with Gasteiger partial charge in [0.25, 0.3) is 5.69 Å². The van der Waals surface area contributed by atoms with E-state index in [1.54, 1.807) is 23.9 Å². The molecule has 5 heteroatoms. The minimum Gasteiger partial charge on any atom is -0.369 e. The highest BCUT2D eigenvalue weighted by molar-refractivity contribution is 7.99. The number of epoxide rings is 1. The molecule has 1 aromatic rings. The summed E-state index contributed by atoms with van der Waals surface area (Å²) in [4.78, 5) is 11.1. The molecular weight excluding hydrogens is 214 g/mol. The smallest absolute Gasteiger partial charge is 0.269 e. The Hall–Kier alpha value is -1.07. The first-order chi connectivity index (χ1) is 7.09. The molecule has 1 aliphatic rings. The van der Waals surface area contributed by atoms with Crippen LogP contribution in [0.5, 0.6) is 0 Å². The second-order valence-corrected chi connectivity index (χ2v) is 4.83. The number of ether oxygens (including phenoxy) is 1. The van der Waals surface area contributed by atoms with Gasteiger partial charge in [0.1, 0.15) is 0 Å². The highest BCUT2D eigenvalue weighted by atomic mass is 32.2. The third kappa shape index (κ3) is 2.70. The van der Waals surface area contributed by atoms with Crippen molar-refractivity contribution in [2.45, 2.75) is 17.4 Å². The van der Waals surface area contributed by atoms with Crippen LogP contribution in [-0.2, 0) is 4.74 Å². The van der Waals surface area contributed by atoms with Crippen molar-refractivity contribution < 1.29 is 9.66 Å². The van der Waals surface area contributed by atoms with E-state index in [2.05, 4.69) is 6.92 Å². The molecule has 0 saturated carbocycles. The van der Waals surface area contributed by atoms with Crippen LogP contribution in [-0.4, -0.2) is 22.9 Å². The lowest BCUT2D eigenvalue weighted by molar-refractivity contribution is -0.384. The van der Waals surface area contributed by atoms with Crippen LogP contribution in [0, 0.1) is 10.1 Å². The quantitative estimate of drug-likeness (QED) is 0.342. The van der Waals surface area contributed by atoms with Crippen LogP contribution >= 0.6 is 11.8 Å². The van der Waals surface area contributed by atoms with Crippen LogP contribution in [0.25, 0.3) is 0 Å². The van der Waals surface area contributed by atoms with E-state index in [-0.39, 0.29) is 16.2 Å². The average molecular weight is 225 g/mol. The van der Waals surface area contributed by atoms with Crippen molar-refractivity contribution in [3.63, 3.8) is 0 Å². The van der Waals surface area contributed by atoms with Crippen molar-refractivity contribution >= 4 is 17.4 Å². The van der Waals surface area contributed by atoms with Crippen LogP contribution in [0.3, 0.4) is 0 Å². The molecule has 1 aliphatic heterocycles. The van der Waals surface area contributed by atoms with Crippen LogP contribution in [0.4, 0.5) is 5.69 Å². The topological polar surface area (TPSA) is 55.7 Å². The summed E-state index contributed by atoms with van der Waals surface area (Å²) in [6.45, 7) is 2.87. The van der Waals surface area contributed by atoms with Gasteiger partial charge in [0.15, 0.2) is 0 Å². The second-order valence-electron chi connectivity index (χ2n) is 3.78. The Bertz CT molecular complexity index is 373. The molecule has 0 bridgehead atoms. The SMILES string of the molecule is CC1(CSc2ccc([N+](=O)[O-])cc2)CO1. The zero-order valence-corrected chi connectivity index (χ0v) is 9.12. The standard InChI is InChI=1S/C10H11NO3S/c1-10(6-14-10)7-15-9-4-2-8(3-5-9)11(12)13/h2-5H,6-7H2,1H3. The number of hydrogen-bond acceptors (Lipinski definition) is 4. The molecule has 80 valence electrons. The van der Waals surface area contributed by atoms with Gasteiger partial charge in [-0.15, -0.1) is 11.8 Å². The summed E-state index contributed by atoms with van der Waals surface area (Å²) in [5.74, 6) is 0.894. The molecule has 1 heterocycles. The van der Waals surface area contributed by atoms with Crippen molar-refractivity contribution in [2.24, 2.45) is 0 Å². The van der Waals surface area contributed by atoms with Gasteiger partial charge in [-0.1, -0.05) is 0 Å². The fourth-order valence-electron chi connectivity index (χ4n) is 1.11. The van der Waals surface area contributed by atoms with Crippen LogP contribution < -0.4 is 0 Å². The largest absolute Gasteiger partial charge is 0.369 e. The normalized spacial score (nSPS) is 23.8. The van der Waals surface area contributed by atoms with Crippen LogP contribution in [0.15, 0.2) is 29.2 Å². The van der Waals surface area contributed by atoms with Gasteiger partial charge in [0.05, 0.1) is 17.1 Å². The molecule has 15 heavy (non-hydrogen) atoms. The fraction of sp³-hybridized carbons (Fsp3) is 0.400. The maximum Gasteiger partial charge on any atom is 0.269 e. The molecule has 1 saturated heterocycles. The van der Waals surface area contributed by atoms with Crippen molar-refractivity contribution in [3.8, 4) is 0 Å². The highest BCUT2D eigenvalue weighted by Gasteiger charge is 2.38. The molecule has 0 radical (unpaired) electrons. The minimum atomic E-state index is -0.389. The predicted octanol–water partition coefficient (Wildman–Crippen LogP) is 2.48. The van der Waals surface area contributed by atoms with E-state index in [9.17, 15) is 10.1 Å². The Balaban J connectivity index is 1.95. The first-order valence-electron chi connectivity index (χ1n) is 4.60. The Labute approximate surface area is 91.8 Å². The number of nitro benzene ring substituents is 1. The predicted molar refractivity (Wildman–Crippen MR) is 58.2 cm³/mol. The molecule has 0 aliphatic carbocycles. The van der Waals surface area contributed by atoms with Crippen LogP contribution in [0.2, 0.25) is 0 Å².